The van der Waals surface area contributed by atoms with E-state index in [1.807, 2.05) is 45.0 Å². The molecule has 0 bridgehead atoms. The van der Waals surface area contributed by atoms with Crippen LogP contribution in [0, 0.1) is 5.41 Å². The van der Waals surface area contributed by atoms with Gasteiger partial charge in [-0.15, -0.1) is 11.3 Å². The fourth-order valence-electron chi connectivity index (χ4n) is 5.54. The van der Waals surface area contributed by atoms with E-state index in [9.17, 15) is 22.8 Å². The summed E-state index contributed by atoms with van der Waals surface area (Å²) < 4.78 is 28.7. The number of nitrogens with one attached hydrogen (secondary N) is 1. The second kappa shape index (κ2) is 10.4. The van der Waals surface area contributed by atoms with Crippen LogP contribution in [0.2, 0.25) is 0 Å². The number of hydrogen-bond acceptors (Lipinski definition) is 7. The van der Waals surface area contributed by atoms with Crippen molar-refractivity contribution in [2.24, 2.45) is 5.41 Å². The average molecular weight is 569 g/mol. The van der Waals surface area contributed by atoms with Crippen LogP contribution in [0.15, 0.2) is 54.0 Å². The molecule has 9 nitrogen and oxygen atoms in total. The van der Waals surface area contributed by atoms with Gasteiger partial charge in [-0.05, 0) is 36.5 Å². The van der Waals surface area contributed by atoms with Crippen molar-refractivity contribution >= 4 is 49.0 Å². The third-order valence-corrected chi connectivity index (χ3v) is 9.96. The molecule has 2 aliphatic rings. The van der Waals surface area contributed by atoms with Crippen molar-refractivity contribution < 1.29 is 22.8 Å². The predicted molar refractivity (Wildman–Crippen MR) is 150 cm³/mol. The zero-order valence-corrected chi connectivity index (χ0v) is 23.8. The fraction of sp³-hybridized carbons (Fsp3) is 0.429. The molecular formula is C28H32N4O5S2. The van der Waals surface area contributed by atoms with Gasteiger partial charge in [0, 0.05) is 28.2 Å². The van der Waals surface area contributed by atoms with E-state index in [1.165, 1.54) is 26.7 Å². The number of fused-ring (bicyclic) bond motifs is 2. The molecule has 2 saturated heterocycles. The van der Waals surface area contributed by atoms with Gasteiger partial charge in [-0.2, -0.15) is 4.31 Å². The van der Waals surface area contributed by atoms with E-state index in [-0.39, 0.29) is 41.9 Å². The van der Waals surface area contributed by atoms with E-state index in [2.05, 4.69) is 10.3 Å². The molecule has 11 heteroatoms. The van der Waals surface area contributed by atoms with Crippen LogP contribution < -0.4 is 5.32 Å². The SMILES string of the molecule is CC(C)(C)CC(NC(=O)c1csc2ccccc12)C(=O)N1CCC2C1C(=O)CN2S(=O)(=O)Cc1ccccn1. The minimum Gasteiger partial charge on any atom is -0.340 e. The van der Waals surface area contributed by atoms with Gasteiger partial charge in [-0.1, -0.05) is 45.0 Å². The molecule has 39 heavy (non-hydrogen) atoms. The van der Waals surface area contributed by atoms with Crippen molar-refractivity contribution in [1.82, 2.24) is 19.5 Å². The fourth-order valence-corrected chi connectivity index (χ4v) is 8.15. The minimum atomic E-state index is -3.82. The summed E-state index contributed by atoms with van der Waals surface area (Å²) in [4.78, 5) is 46.0. The number of Topliss-reactive ketones (excluding diaryl/α,β-unsaturated/α-hetero) is 1. The molecule has 1 N–H and O–H groups in total. The Bertz CT molecular complexity index is 1510. The molecular weight excluding hydrogens is 536 g/mol. The Morgan fingerprint density at radius 1 is 1.15 bits per heavy atom. The van der Waals surface area contributed by atoms with Crippen LogP contribution in [-0.2, 0) is 25.4 Å². The van der Waals surface area contributed by atoms with Crippen molar-refractivity contribution in [1.29, 1.82) is 0 Å². The number of sulfonamides is 1. The second-order valence-electron chi connectivity index (χ2n) is 11.4. The summed E-state index contributed by atoms with van der Waals surface area (Å²) in [6.07, 6.45) is 2.25. The third-order valence-electron chi connectivity index (χ3n) is 7.22. The Hall–Kier alpha value is -3.15. The summed E-state index contributed by atoms with van der Waals surface area (Å²) in [6, 6.07) is 10.3. The Labute approximate surface area is 232 Å². The number of thiophene rings is 1. The van der Waals surface area contributed by atoms with Gasteiger partial charge in [0.1, 0.15) is 17.8 Å². The molecule has 2 aliphatic heterocycles. The molecule has 3 atom stereocenters. The summed E-state index contributed by atoms with van der Waals surface area (Å²) in [5.41, 5.74) is 0.611. The number of rotatable bonds is 7. The van der Waals surface area contributed by atoms with Gasteiger partial charge in [0.05, 0.1) is 23.8 Å². The summed E-state index contributed by atoms with van der Waals surface area (Å²) in [6.45, 7) is 5.93. The topological polar surface area (TPSA) is 117 Å². The number of ketones is 1. The zero-order valence-electron chi connectivity index (χ0n) is 22.2. The highest BCUT2D eigenvalue weighted by atomic mass is 32.2. The van der Waals surface area contributed by atoms with E-state index in [1.54, 1.807) is 23.6 Å². The van der Waals surface area contributed by atoms with E-state index in [0.29, 0.717) is 24.1 Å². The van der Waals surface area contributed by atoms with Crippen molar-refractivity contribution in [2.75, 3.05) is 13.1 Å². The van der Waals surface area contributed by atoms with E-state index in [4.69, 9.17) is 0 Å². The normalized spacial score (nSPS) is 20.8. The molecule has 2 amide bonds. The Balaban J connectivity index is 1.36. The number of hydrogen-bond donors (Lipinski definition) is 1. The van der Waals surface area contributed by atoms with Crippen LogP contribution in [0.25, 0.3) is 10.1 Å². The number of likely N-dealkylation sites (tertiary alicyclic amines) is 1. The number of carbonyl (C=O) groups is 3. The highest BCUT2D eigenvalue weighted by molar-refractivity contribution is 7.88. The number of pyridine rings is 1. The van der Waals surface area contributed by atoms with Gasteiger partial charge in [0.2, 0.25) is 15.9 Å². The average Bonchev–Trinajstić information content (AvgIpc) is 3.58. The summed E-state index contributed by atoms with van der Waals surface area (Å²) in [7, 11) is -3.82. The van der Waals surface area contributed by atoms with Crippen LogP contribution in [0.5, 0.6) is 0 Å². The predicted octanol–water partition coefficient (Wildman–Crippen LogP) is 3.22. The minimum absolute atomic E-state index is 0.243. The molecule has 0 saturated carbocycles. The molecule has 5 rings (SSSR count). The lowest BCUT2D eigenvalue weighted by atomic mass is 9.87. The van der Waals surface area contributed by atoms with Crippen molar-refractivity contribution in [3.8, 4) is 0 Å². The second-order valence-corrected chi connectivity index (χ2v) is 14.2. The number of aromatic nitrogens is 1. The van der Waals surface area contributed by atoms with Crippen LogP contribution in [0.4, 0.5) is 0 Å². The molecule has 1 aromatic carbocycles. The molecule has 0 aliphatic carbocycles. The monoisotopic (exact) mass is 568 g/mol. The first-order chi connectivity index (χ1) is 18.4. The maximum Gasteiger partial charge on any atom is 0.253 e. The van der Waals surface area contributed by atoms with Crippen LogP contribution in [0.1, 0.15) is 49.7 Å². The third kappa shape index (κ3) is 5.61. The smallest absolute Gasteiger partial charge is 0.253 e. The lowest BCUT2D eigenvalue weighted by molar-refractivity contribution is -0.138. The van der Waals surface area contributed by atoms with Crippen molar-refractivity contribution in [2.45, 2.75) is 57.5 Å². The van der Waals surface area contributed by atoms with Gasteiger partial charge in [0.15, 0.2) is 5.78 Å². The molecule has 3 unspecified atom stereocenters. The summed E-state index contributed by atoms with van der Waals surface area (Å²) in [5.74, 6) is -1.32. The van der Waals surface area contributed by atoms with Gasteiger partial charge in [0.25, 0.3) is 5.91 Å². The highest BCUT2D eigenvalue weighted by Crippen LogP contribution is 2.34. The molecule has 206 valence electrons. The standard InChI is InChI=1S/C28H32N4O5S2/c1-28(2,3)14-21(30-26(34)20-16-38-24-10-5-4-9-19(20)24)27(35)31-13-11-22-25(31)23(33)15-32(22)39(36,37)17-18-8-6-7-12-29-18/h4-10,12,16,21-22,25H,11,13-15,17H2,1-3H3,(H,30,34). The van der Waals surface area contributed by atoms with Gasteiger partial charge in [-0.25, -0.2) is 8.42 Å². The van der Waals surface area contributed by atoms with Crippen LogP contribution >= 0.6 is 11.3 Å². The molecule has 4 heterocycles. The van der Waals surface area contributed by atoms with E-state index >= 15 is 0 Å². The highest BCUT2D eigenvalue weighted by Gasteiger charge is 2.54. The molecule has 0 radical (unpaired) electrons. The maximum absolute atomic E-state index is 13.9. The van der Waals surface area contributed by atoms with E-state index in [0.717, 1.165) is 10.1 Å². The van der Waals surface area contributed by atoms with Gasteiger partial charge < -0.3 is 10.2 Å². The van der Waals surface area contributed by atoms with Crippen LogP contribution in [0.3, 0.4) is 0 Å². The number of amides is 2. The number of benzene rings is 1. The maximum atomic E-state index is 13.9. The molecule has 0 spiro atoms. The lowest BCUT2D eigenvalue weighted by Gasteiger charge is -2.31. The van der Waals surface area contributed by atoms with E-state index < -0.39 is 28.1 Å². The first kappa shape index (κ1) is 27.4. The summed E-state index contributed by atoms with van der Waals surface area (Å²) >= 11 is 1.46. The Morgan fingerprint density at radius 2 is 1.90 bits per heavy atom. The summed E-state index contributed by atoms with van der Waals surface area (Å²) in [5, 5.41) is 5.55. The van der Waals surface area contributed by atoms with Gasteiger partial charge in [-0.3, -0.25) is 19.4 Å². The molecule has 2 aromatic heterocycles. The lowest BCUT2D eigenvalue weighted by Crippen LogP contribution is -2.53. The largest absolute Gasteiger partial charge is 0.340 e. The molecule has 2 fully saturated rings. The van der Waals surface area contributed by atoms with Crippen molar-refractivity contribution in [3.63, 3.8) is 0 Å². The molecule has 3 aromatic rings. The van der Waals surface area contributed by atoms with Crippen LogP contribution in [-0.4, -0.2) is 71.4 Å². The van der Waals surface area contributed by atoms with Gasteiger partial charge >= 0.3 is 0 Å². The van der Waals surface area contributed by atoms with Crippen molar-refractivity contribution in [3.05, 3.63) is 65.3 Å². The zero-order chi connectivity index (χ0) is 27.9. The number of carbonyl (C=O) groups excluding carboxylic acids is 3. The Morgan fingerprint density at radius 3 is 2.62 bits per heavy atom. The first-order valence-electron chi connectivity index (χ1n) is 12.9. The first-order valence-corrected chi connectivity index (χ1v) is 15.4. The quantitative estimate of drug-likeness (QED) is 0.468. The Kier molecular flexibility index (Phi) is 7.34. The number of nitrogens with zero attached hydrogens (tertiary/aromatic N) is 3.